The number of halogens is 1. The summed E-state index contributed by atoms with van der Waals surface area (Å²) in [6, 6.07) is 24.3. The Labute approximate surface area is 243 Å². The lowest BCUT2D eigenvalue weighted by atomic mass is 9.94. The van der Waals surface area contributed by atoms with E-state index >= 15 is 0 Å². The normalized spacial score (nSPS) is 13.5. The summed E-state index contributed by atoms with van der Waals surface area (Å²) in [7, 11) is 0. The summed E-state index contributed by atoms with van der Waals surface area (Å²) < 4.78 is 15.9. The third-order valence-corrected chi connectivity index (χ3v) is 7.11. The number of carboxylic acids is 1. The molecule has 0 aliphatic heterocycles. The number of nitrogens with one attached hydrogen (secondary N) is 1. The Morgan fingerprint density at radius 1 is 0.833 bits per heavy atom. The molecule has 0 saturated heterocycles. The second-order valence-electron chi connectivity index (χ2n) is 10.5. The molecular weight excluding hydrogens is 539 g/mol. The molecule has 5 N–H and O–H groups in total. The van der Waals surface area contributed by atoms with Gasteiger partial charge in [0.25, 0.3) is 5.91 Å². The predicted octanol–water partition coefficient (Wildman–Crippen LogP) is 5.28. The van der Waals surface area contributed by atoms with Crippen LogP contribution >= 0.6 is 0 Å². The summed E-state index contributed by atoms with van der Waals surface area (Å²) in [4.78, 5) is 25.1. The molecule has 42 heavy (non-hydrogen) atoms. The van der Waals surface area contributed by atoms with Crippen molar-refractivity contribution in [2.75, 3.05) is 5.32 Å². The number of aliphatic carboxylic acids is 1. The average molecular weight is 575 g/mol. The summed E-state index contributed by atoms with van der Waals surface area (Å²) in [6.45, 7) is 3.99. The lowest BCUT2D eigenvalue weighted by Gasteiger charge is -2.24. The minimum Gasteiger partial charge on any atom is -0.481 e. The molecule has 0 bridgehead atoms. The van der Waals surface area contributed by atoms with Crippen LogP contribution in [0.25, 0.3) is 22.4 Å². The quantitative estimate of drug-likeness (QED) is 0.156. The predicted molar refractivity (Wildman–Crippen MR) is 159 cm³/mol. The maximum Gasteiger partial charge on any atom is 0.306 e. The van der Waals surface area contributed by atoms with Crippen LogP contribution in [0.3, 0.4) is 0 Å². The van der Waals surface area contributed by atoms with Crippen LogP contribution in [0.15, 0.2) is 84.9 Å². The zero-order chi connectivity index (χ0) is 30.4. The van der Waals surface area contributed by atoms with Gasteiger partial charge in [-0.3, -0.25) is 9.59 Å². The second kappa shape index (κ2) is 13.6. The van der Waals surface area contributed by atoms with E-state index in [0.717, 1.165) is 5.56 Å². The molecule has 3 atom stereocenters. The number of rotatable bonds is 12. The topological polar surface area (TPSA) is 132 Å². The van der Waals surface area contributed by atoms with E-state index < -0.39 is 36.5 Å². The number of aromatic nitrogens is 1. The van der Waals surface area contributed by atoms with Gasteiger partial charge in [0.15, 0.2) is 0 Å². The van der Waals surface area contributed by atoms with Crippen molar-refractivity contribution >= 4 is 17.6 Å². The Balaban J connectivity index is 1.91. The molecule has 0 aliphatic carbocycles. The summed E-state index contributed by atoms with van der Waals surface area (Å²) in [5.41, 5.74) is 4.33. The minimum atomic E-state index is -1.69. The zero-order valence-corrected chi connectivity index (χ0v) is 23.4. The van der Waals surface area contributed by atoms with Gasteiger partial charge in [0.2, 0.25) is 0 Å². The summed E-state index contributed by atoms with van der Waals surface area (Å²) in [5.74, 6) is -2.25. The summed E-state index contributed by atoms with van der Waals surface area (Å²) >= 11 is 0. The van der Waals surface area contributed by atoms with Gasteiger partial charge in [-0.05, 0) is 59.9 Å². The number of aliphatic hydroxyl groups excluding tert-OH is 3. The zero-order valence-electron chi connectivity index (χ0n) is 23.4. The first-order valence-electron chi connectivity index (χ1n) is 13.8. The molecule has 1 heterocycles. The van der Waals surface area contributed by atoms with Gasteiger partial charge in [0, 0.05) is 23.5 Å². The maximum atomic E-state index is 14.1. The highest BCUT2D eigenvalue weighted by molar-refractivity contribution is 6.12. The van der Waals surface area contributed by atoms with Crippen molar-refractivity contribution in [3.63, 3.8) is 0 Å². The highest BCUT2D eigenvalue weighted by Crippen LogP contribution is 2.42. The SMILES string of the molecule is CC(C)c1c(C(=O)Nc2ccccc2)c(-c2ccccc2)c(-c2ccc(F)cc2)n1CC[C@H](O)C(O)[C@H](O)CC(=O)O. The van der Waals surface area contributed by atoms with Crippen LogP contribution in [0.1, 0.15) is 48.7 Å². The van der Waals surface area contributed by atoms with Crippen molar-refractivity contribution in [3.8, 4) is 22.4 Å². The first-order valence-corrected chi connectivity index (χ1v) is 13.8. The lowest BCUT2D eigenvalue weighted by molar-refractivity contribution is -0.143. The fraction of sp³-hybridized carbons (Fsp3) is 0.273. The van der Waals surface area contributed by atoms with E-state index in [1.54, 1.807) is 24.3 Å². The maximum absolute atomic E-state index is 14.1. The van der Waals surface area contributed by atoms with Gasteiger partial charge in [-0.15, -0.1) is 0 Å². The molecule has 220 valence electrons. The van der Waals surface area contributed by atoms with Crippen LogP contribution in [-0.2, 0) is 11.3 Å². The van der Waals surface area contributed by atoms with Crippen LogP contribution in [0.2, 0.25) is 0 Å². The molecule has 4 rings (SSSR count). The van der Waals surface area contributed by atoms with E-state index in [2.05, 4.69) is 5.32 Å². The summed E-state index contributed by atoms with van der Waals surface area (Å²) in [6.07, 6.45) is -5.58. The third kappa shape index (κ3) is 6.94. The molecule has 0 fully saturated rings. The Kier molecular flexibility index (Phi) is 9.90. The Hall–Kier alpha value is -4.31. The molecule has 4 aromatic rings. The number of carbonyl (C=O) groups is 2. The smallest absolute Gasteiger partial charge is 0.306 e. The van der Waals surface area contributed by atoms with Gasteiger partial charge in [0.1, 0.15) is 11.9 Å². The number of amides is 1. The molecule has 0 spiro atoms. The second-order valence-corrected chi connectivity index (χ2v) is 10.5. The van der Waals surface area contributed by atoms with E-state index in [0.29, 0.717) is 33.8 Å². The van der Waals surface area contributed by atoms with Gasteiger partial charge in [-0.1, -0.05) is 62.4 Å². The van der Waals surface area contributed by atoms with E-state index in [1.165, 1.54) is 12.1 Å². The molecule has 0 aliphatic rings. The molecular formula is C33H35FN2O6. The van der Waals surface area contributed by atoms with Crippen molar-refractivity contribution < 1.29 is 34.4 Å². The number of aliphatic hydroxyl groups is 3. The van der Waals surface area contributed by atoms with Crippen LogP contribution in [0, 0.1) is 5.82 Å². The minimum absolute atomic E-state index is 0.0611. The van der Waals surface area contributed by atoms with Gasteiger partial charge in [-0.2, -0.15) is 0 Å². The Morgan fingerprint density at radius 3 is 2.00 bits per heavy atom. The Bertz CT molecular complexity index is 1500. The number of carboxylic acid groups (broad SMARTS) is 1. The number of nitrogens with zero attached hydrogens (tertiary/aromatic N) is 1. The summed E-state index contributed by atoms with van der Waals surface area (Å²) in [5, 5.41) is 43.2. The third-order valence-electron chi connectivity index (χ3n) is 7.11. The number of benzene rings is 3. The van der Waals surface area contributed by atoms with Gasteiger partial charge in [-0.25, -0.2) is 4.39 Å². The van der Waals surface area contributed by atoms with Crippen molar-refractivity contribution in [2.45, 2.75) is 57.5 Å². The van der Waals surface area contributed by atoms with E-state index in [9.17, 15) is 29.3 Å². The number of carbonyl (C=O) groups excluding carboxylic acids is 1. The molecule has 3 aromatic carbocycles. The molecule has 0 saturated carbocycles. The standard InChI is InChI=1S/C33H35FN2O6/c1-20(2)30-29(33(42)35-24-11-7-4-8-12-24)28(21-9-5-3-6-10-21)31(22-13-15-23(34)16-14-22)36(30)18-17-25(37)32(41)26(38)19-27(39)40/h3-16,20,25-26,32,37-38,41H,17-19H2,1-2H3,(H,35,42)(H,39,40)/t25-,26+,32?/m0/s1. The molecule has 8 nitrogen and oxygen atoms in total. The fourth-order valence-electron chi connectivity index (χ4n) is 5.20. The first kappa shape index (κ1) is 30.6. The monoisotopic (exact) mass is 574 g/mol. The fourth-order valence-corrected chi connectivity index (χ4v) is 5.20. The van der Waals surface area contributed by atoms with Gasteiger partial charge in [0.05, 0.1) is 29.9 Å². The van der Waals surface area contributed by atoms with Crippen LogP contribution in [0.4, 0.5) is 10.1 Å². The van der Waals surface area contributed by atoms with Gasteiger partial charge >= 0.3 is 5.97 Å². The number of para-hydroxylation sites is 1. The van der Waals surface area contributed by atoms with E-state index in [-0.39, 0.29) is 24.8 Å². The largest absolute Gasteiger partial charge is 0.481 e. The molecule has 1 aromatic heterocycles. The van der Waals surface area contributed by atoms with Gasteiger partial charge < -0.3 is 30.3 Å². The van der Waals surface area contributed by atoms with Crippen molar-refractivity contribution in [1.82, 2.24) is 4.57 Å². The van der Waals surface area contributed by atoms with Crippen LogP contribution < -0.4 is 5.32 Å². The Morgan fingerprint density at radius 2 is 1.43 bits per heavy atom. The van der Waals surface area contributed by atoms with Crippen LogP contribution in [-0.4, -0.2) is 55.2 Å². The average Bonchev–Trinajstić information content (AvgIpc) is 3.32. The van der Waals surface area contributed by atoms with Crippen molar-refractivity contribution in [2.24, 2.45) is 0 Å². The molecule has 9 heteroatoms. The number of anilines is 1. The molecule has 0 radical (unpaired) electrons. The van der Waals surface area contributed by atoms with Crippen LogP contribution in [0.5, 0.6) is 0 Å². The number of hydrogen-bond donors (Lipinski definition) is 5. The van der Waals surface area contributed by atoms with Crippen molar-refractivity contribution in [3.05, 3.63) is 102 Å². The molecule has 1 amide bonds. The van der Waals surface area contributed by atoms with Crippen molar-refractivity contribution in [1.29, 1.82) is 0 Å². The highest BCUT2D eigenvalue weighted by Gasteiger charge is 2.32. The van der Waals surface area contributed by atoms with E-state index in [4.69, 9.17) is 5.11 Å². The highest BCUT2D eigenvalue weighted by atomic mass is 19.1. The first-order chi connectivity index (χ1) is 20.1. The van der Waals surface area contributed by atoms with E-state index in [1.807, 2.05) is 66.9 Å². The lowest BCUT2D eigenvalue weighted by Crippen LogP contribution is -2.39. The molecule has 1 unspecified atom stereocenters. The number of hydrogen-bond acceptors (Lipinski definition) is 5.